The third-order valence-corrected chi connectivity index (χ3v) is 11.9. The SMILES string of the molecule is CC/C=C\C/C=C\C/C=C\C/C=C\C/C=C\C/C=C\C/C=C\CCCCCCCC(=O)OC(COC(=O)CCCCCCCCCCCCCCCCCCCC)COC(OCC[N+](C)(C)C)C(=O)[O-]. The van der Waals surface area contributed by atoms with Crippen LogP contribution < -0.4 is 5.11 Å². The van der Waals surface area contributed by atoms with Crippen molar-refractivity contribution in [1.82, 2.24) is 0 Å². The minimum absolute atomic E-state index is 0.140. The van der Waals surface area contributed by atoms with E-state index in [1.165, 1.54) is 96.3 Å². The van der Waals surface area contributed by atoms with Crippen LogP contribution in [0.1, 0.15) is 226 Å². The van der Waals surface area contributed by atoms with Gasteiger partial charge in [0.1, 0.15) is 13.2 Å². The average molecular weight is 981 g/mol. The molecule has 0 saturated carbocycles. The molecule has 9 heteroatoms. The molecule has 0 aromatic carbocycles. The summed E-state index contributed by atoms with van der Waals surface area (Å²) in [7, 11) is 5.91. The lowest BCUT2D eigenvalue weighted by Crippen LogP contribution is -2.44. The molecule has 0 aliphatic carbocycles. The zero-order chi connectivity index (χ0) is 51.3. The third-order valence-electron chi connectivity index (χ3n) is 11.9. The van der Waals surface area contributed by atoms with Crippen molar-refractivity contribution in [3.8, 4) is 0 Å². The molecule has 0 aromatic heterocycles. The van der Waals surface area contributed by atoms with Gasteiger partial charge < -0.3 is 33.3 Å². The molecule has 0 bridgehead atoms. The number of unbranched alkanes of at least 4 members (excludes halogenated alkanes) is 22. The second kappa shape index (κ2) is 51.8. The van der Waals surface area contributed by atoms with Crippen molar-refractivity contribution in [3.05, 3.63) is 85.1 Å². The van der Waals surface area contributed by atoms with Gasteiger partial charge in [-0.05, 0) is 70.6 Å². The summed E-state index contributed by atoms with van der Waals surface area (Å²) < 4.78 is 22.7. The highest BCUT2D eigenvalue weighted by Crippen LogP contribution is 2.16. The number of nitrogens with zero attached hydrogens (tertiary/aromatic N) is 1. The van der Waals surface area contributed by atoms with Crippen molar-refractivity contribution in [3.63, 3.8) is 0 Å². The van der Waals surface area contributed by atoms with Crippen LogP contribution in [-0.2, 0) is 33.3 Å². The van der Waals surface area contributed by atoms with Gasteiger partial charge in [0.25, 0.3) is 0 Å². The predicted octanol–water partition coefficient (Wildman–Crippen LogP) is 15.1. The van der Waals surface area contributed by atoms with Gasteiger partial charge in [-0.3, -0.25) is 9.59 Å². The minimum Gasteiger partial charge on any atom is -0.545 e. The molecule has 0 aromatic rings. The van der Waals surface area contributed by atoms with E-state index in [1.54, 1.807) is 0 Å². The standard InChI is InChI=1S/C61H105NO8/c1-6-8-10-12-14-16-18-20-22-24-26-27-28-29-30-31-32-33-34-36-38-40-42-44-46-48-50-52-59(64)70-57(56-69-61(60(65)66)67-54-53-62(3,4)5)55-68-58(63)51-49-47-45-43-41-39-37-35-25-23-21-19-17-15-13-11-9-7-2/h8,10,14,16,20,22,26-27,29-30,32-33,36,38,57,61H,6-7,9,11-13,15,17-19,21,23-25,28,31,34-35,37,39-56H2,1-5H3/b10-8-,16-14-,22-20-,27-26-,30-29-,33-32-,38-36-. The lowest BCUT2D eigenvalue weighted by atomic mass is 10.0. The quantitative estimate of drug-likeness (QED) is 0.0195. The number of carbonyl (C=O) groups is 3. The van der Waals surface area contributed by atoms with E-state index < -0.39 is 24.3 Å². The van der Waals surface area contributed by atoms with Gasteiger partial charge in [-0.15, -0.1) is 0 Å². The van der Waals surface area contributed by atoms with Crippen molar-refractivity contribution < 1.29 is 42.9 Å². The number of esters is 2. The van der Waals surface area contributed by atoms with Gasteiger partial charge in [0.15, 0.2) is 12.4 Å². The van der Waals surface area contributed by atoms with E-state index in [2.05, 4.69) is 98.9 Å². The van der Waals surface area contributed by atoms with Crippen LogP contribution in [0.15, 0.2) is 85.1 Å². The Morgan fingerprint density at radius 1 is 0.443 bits per heavy atom. The summed E-state index contributed by atoms with van der Waals surface area (Å²) in [6, 6.07) is 0. The highest BCUT2D eigenvalue weighted by Gasteiger charge is 2.22. The maximum Gasteiger partial charge on any atom is 0.306 e. The molecule has 9 nitrogen and oxygen atoms in total. The van der Waals surface area contributed by atoms with E-state index in [-0.39, 0.29) is 38.6 Å². The van der Waals surface area contributed by atoms with E-state index in [0.29, 0.717) is 17.4 Å². The first-order chi connectivity index (χ1) is 34.1. The number of quaternary nitrogens is 1. The van der Waals surface area contributed by atoms with Crippen molar-refractivity contribution in [2.75, 3.05) is 47.5 Å². The fourth-order valence-corrected chi connectivity index (χ4v) is 7.58. The van der Waals surface area contributed by atoms with E-state index in [4.69, 9.17) is 18.9 Å². The number of carboxylic acid groups (broad SMARTS) is 1. The van der Waals surface area contributed by atoms with Crippen LogP contribution in [0.5, 0.6) is 0 Å². The van der Waals surface area contributed by atoms with Gasteiger partial charge >= 0.3 is 11.9 Å². The van der Waals surface area contributed by atoms with E-state index in [9.17, 15) is 19.5 Å². The number of allylic oxidation sites excluding steroid dienone is 14. The first-order valence-corrected chi connectivity index (χ1v) is 28.2. The van der Waals surface area contributed by atoms with Crippen molar-refractivity contribution >= 4 is 17.9 Å². The van der Waals surface area contributed by atoms with Crippen LogP contribution in [-0.4, -0.2) is 82.3 Å². The van der Waals surface area contributed by atoms with Crippen LogP contribution in [0.4, 0.5) is 0 Å². The lowest BCUT2D eigenvalue weighted by Gasteiger charge is -2.26. The molecule has 0 fully saturated rings. The summed E-state index contributed by atoms with van der Waals surface area (Å²) in [5.74, 6) is -2.31. The first-order valence-electron chi connectivity index (χ1n) is 28.2. The maximum atomic E-state index is 12.8. The summed E-state index contributed by atoms with van der Waals surface area (Å²) in [4.78, 5) is 37.3. The zero-order valence-corrected chi connectivity index (χ0v) is 45.6. The van der Waals surface area contributed by atoms with E-state index in [1.807, 2.05) is 21.1 Å². The molecule has 0 aliphatic rings. The number of hydrogen-bond acceptors (Lipinski definition) is 8. The molecular formula is C61H105NO8. The van der Waals surface area contributed by atoms with Crippen LogP contribution in [0.3, 0.4) is 0 Å². The largest absolute Gasteiger partial charge is 0.545 e. The van der Waals surface area contributed by atoms with Gasteiger partial charge in [-0.25, -0.2) is 0 Å². The highest BCUT2D eigenvalue weighted by atomic mass is 16.7. The molecule has 2 atom stereocenters. The van der Waals surface area contributed by atoms with Gasteiger partial charge in [-0.1, -0.05) is 227 Å². The van der Waals surface area contributed by atoms with E-state index >= 15 is 0 Å². The molecule has 0 saturated heterocycles. The molecule has 0 heterocycles. The Labute approximate surface area is 430 Å². The smallest absolute Gasteiger partial charge is 0.306 e. The van der Waals surface area contributed by atoms with E-state index in [0.717, 1.165) is 96.3 Å². The second-order valence-corrected chi connectivity index (χ2v) is 19.9. The number of hydrogen-bond donors (Lipinski definition) is 0. The summed E-state index contributed by atoms with van der Waals surface area (Å²) >= 11 is 0. The average Bonchev–Trinajstić information content (AvgIpc) is 3.33. The van der Waals surface area contributed by atoms with Gasteiger partial charge in [0, 0.05) is 12.8 Å². The summed E-state index contributed by atoms with van der Waals surface area (Å²) in [6.07, 6.45) is 64.8. The van der Waals surface area contributed by atoms with Crippen molar-refractivity contribution in [2.24, 2.45) is 0 Å². The molecular weight excluding hydrogens is 875 g/mol. The fourth-order valence-electron chi connectivity index (χ4n) is 7.58. The molecule has 0 rings (SSSR count). The van der Waals surface area contributed by atoms with Crippen molar-refractivity contribution in [2.45, 2.75) is 238 Å². The Morgan fingerprint density at radius 2 is 0.814 bits per heavy atom. The number of carboxylic acids is 1. The normalized spacial score (nSPS) is 13.4. The molecule has 0 radical (unpaired) electrons. The third kappa shape index (κ3) is 52.3. The number of aliphatic carboxylic acids is 1. The molecule has 0 amide bonds. The molecule has 0 spiro atoms. The number of ether oxygens (including phenoxy) is 4. The monoisotopic (exact) mass is 980 g/mol. The Balaban J connectivity index is 4.34. The summed E-state index contributed by atoms with van der Waals surface area (Å²) in [5, 5.41) is 11.8. The van der Waals surface area contributed by atoms with Gasteiger partial charge in [0.05, 0.1) is 40.3 Å². The first kappa shape index (κ1) is 66.5. The highest BCUT2D eigenvalue weighted by molar-refractivity contribution is 5.70. The molecule has 0 aliphatic heterocycles. The number of rotatable bonds is 51. The summed E-state index contributed by atoms with van der Waals surface area (Å²) in [6.45, 7) is 4.62. The molecule has 402 valence electrons. The van der Waals surface area contributed by atoms with Crippen LogP contribution >= 0.6 is 0 Å². The van der Waals surface area contributed by atoms with Gasteiger partial charge in [-0.2, -0.15) is 0 Å². The topological polar surface area (TPSA) is 111 Å². The van der Waals surface area contributed by atoms with Crippen LogP contribution in [0.25, 0.3) is 0 Å². The maximum absolute atomic E-state index is 12.8. The predicted molar refractivity (Wildman–Crippen MR) is 292 cm³/mol. The minimum atomic E-state index is -1.63. The second-order valence-electron chi connectivity index (χ2n) is 19.9. The number of likely N-dealkylation sites (N-methyl/N-ethyl adjacent to an activating group) is 1. The Morgan fingerprint density at radius 3 is 1.21 bits per heavy atom. The molecule has 2 unspecified atom stereocenters. The Bertz CT molecular complexity index is 1420. The lowest BCUT2D eigenvalue weighted by molar-refractivity contribution is -0.870. The van der Waals surface area contributed by atoms with Crippen LogP contribution in [0, 0.1) is 0 Å². The Hall–Kier alpha value is -3.53. The van der Waals surface area contributed by atoms with Crippen LogP contribution in [0.2, 0.25) is 0 Å². The number of carbonyl (C=O) groups excluding carboxylic acids is 3. The fraction of sp³-hybridized carbons (Fsp3) is 0.721. The Kier molecular flexibility index (Phi) is 49.2. The molecule has 0 N–H and O–H groups in total. The molecule has 70 heavy (non-hydrogen) atoms. The zero-order valence-electron chi connectivity index (χ0n) is 45.6. The van der Waals surface area contributed by atoms with Crippen molar-refractivity contribution in [1.29, 1.82) is 0 Å². The summed E-state index contributed by atoms with van der Waals surface area (Å²) in [5.41, 5.74) is 0. The van der Waals surface area contributed by atoms with Gasteiger partial charge in [0.2, 0.25) is 0 Å².